The number of halogens is 2. The number of amides is 1. The number of carboxylic acids is 1. The van der Waals surface area contributed by atoms with Gasteiger partial charge in [-0.3, -0.25) is 9.69 Å². The maximum Gasteiger partial charge on any atom is 0.326 e. The van der Waals surface area contributed by atoms with Crippen molar-refractivity contribution in [1.29, 1.82) is 5.26 Å². The Morgan fingerprint density at radius 1 is 0.907 bits per heavy atom. The molecule has 5 aromatic rings. The number of ether oxygens (including phenoxy) is 3. The summed E-state index contributed by atoms with van der Waals surface area (Å²) in [5.41, 5.74) is 7.13. The summed E-state index contributed by atoms with van der Waals surface area (Å²) in [7, 11) is 0. The zero-order valence-electron chi connectivity index (χ0n) is 29.4. The Kier molecular flexibility index (Phi) is 11.1. The molecule has 0 spiro atoms. The van der Waals surface area contributed by atoms with Gasteiger partial charge in [0.05, 0.1) is 27.7 Å². The van der Waals surface area contributed by atoms with Gasteiger partial charge in [-0.15, -0.1) is 0 Å². The molecule has 2 N–H and O–H groups in total. The summed E-state index contributed by atoms with van der Waals surface area (Å²) < 4.78 is 18.6. The molecule has 5 aromatic carbocycles. The minimum Gasteiger partial charge on any atom is -0.489 e. The first kappa shape index (κ1) is 36.8. The standard InChI is InChI=1S/C43H37Cl2N3O6/c1-2-48-23-33-21-40-39(53-25-41(54-40)31-12-14-34(15-13-31)52-24-28-7-16-35(44)36(45)17-28)20-32(33)19-38(48)42(49)47-37(43(50)51)18-26-3-8-29(9-4-26)30-10-5-27(22-46)6-11-30/h3-17,20-21,37-38,41H,2,18-19,23-25H2,1H3,(H,47,49)(H,50,51). The van der Waals surface area contributed by atoms with Crippen molar-refractivity contribution in [3.8, 4) is 34.4 Å². The van der Waals surface area contributed by atoms with Crippen LogP contribution in [-0.2, 0) is 35.6 Å². The fourth-order valence-corrected chi connectivity index (χ4v) is 7.13. The molecule has 2 aliphatic rings. The number of carbonyl (C=O) groups excluding carboxylic acids is 1. The second-order valence-corrected chi connectivity index (χ2v) is 14.2. The quantitative estimate of drug-likeness (QED) is 0.138. The smallest absolute Gasteiger partial charge is 0.326 e. The van der Waals surface area contributed by atoms with Crippen molar-refractivity contribution in [2.45, 2.75) is 51.1 Å². The number of carbonyl (C=O) groups is 2. The SMILES string of the molecule is CCN1Cc2cc3c(cc2CC1C(=O)NC(Cc1ccc(-c2ccc(C#N)cc2)cc1)C(=O)O)OCC(c1ccc(OCc2ccc(Cl)c(Cl)c2)cc1)O3. The molecular weight excluding hydrogens is 725 g/mol. The second-order valence-electron chi connectivity index (χ2n) is 13.4. The van der Waals surface area contributed by atoms with Crippen LogP contribution in [0.5, 0.6) is 17.2 Å². The van der Waals surface area contributed by atoms with Gasteiger partial charge in [0.1, 0.15) is 25.0 Å². The van der Waals surface area contributed by atoms with Crippen molar-refractivity contribution in [1.82, 2.24) is 10.2 Å². The van der Waals surface area contributed by atoms with Gasteiger partial charge in [0.25, 0.3) is 0 Å². The van der Waals surface area contributed by atoms with E-state index >= 15 is 0 Å². The molecular formula is C43H37Cl2N3O6. The van der Waals surface area contributed by atoms with Crippen LogP contribution in [0.1, 0.15) is 46.4 Å². The number of aliphatic carboxylic acids is 1. The molecule has 2 aliphatic heterocycles. The van der Waals surface area contributed by atoms with Gasteiger partial charge >= 0.3 is 5.97 Å². The van der Waals surface area contributed by atoms with Crippen LogP contribution in [-0.4, -0.2) is 47.1 Å². The first-order chi connectivity index (χ1) is 26.2. The van der Waals surface area contributed by atoms with Crippen LogP contribution >= 0.6 is 23.2 Å². The van der Waals surface area contributed by atoms with Crippen molar-refractivity contribution in [2.75, 3.05) is 13.2 Å². The lowest BCUT2D eigenvalue weighted by molar-refractivity contribution is -0.142. The lowest BCUT2D eigenvalue weighted by Crippen LogP contribution is -2.54. The van der Waals surface area contributed by atoms with E-state index in [0.29, 0.717) is 65.6 Å². The Hall–Kier alpha value is -5.53. The summed E-state index contributed by atoms with van der Waals surface area (Å²) in [6, 6.07) is 32.3. The fraction of sp³-hybridized carbons (Fsp3) is 0.233. The van der Waals surface area contributed by atoms with Gasteiger partial charge in [-0.2, -0.15) is 5.26 Å². The summed E-state index contributed by atoms with van der Waals surface area (Å²) in [6.07, 6.45) is 0.229. The van der Waals surface area contributed by atoms with Gasteiger partial charge in [0, 0.05) is 13.0 Å². The highest BCUT2D eigenvalue weighted by Crippen LogP contribution is 2.41. The van der Waals surface area contributed by atoms with Crippen LogP contribution < -0.4 is 19.5 Å². The topological polar surface area (TPSA) is 121 Å². The Bertz CT molecular complexity index is 2200. The van der Waals surface area contributed by atoms with E-state index in [9.17, 15) is 14.7 Å². The molecule has 3 atom stereocenters. The summed E-state index contributed by atoms with van der Waals surface area (Å²) in [5, 5.41) is 22.9. The van der Waals surface area contributed by atoms with E-state index < -0.39 is 18.1 Å². The van der Waals surface area contributed by atoms with Crippen LogP contribution in [0.25, 0.3) is 11.1 Å². The molecule has 2 heterocycles. The maximum atomic E-state index is 13.7. The number of benzene rings is 5. The molecule has 0 saturated carbocycles. The van der Waals surface area contributed by atoms with Crippen LogP contribution in [0.3, 0.4) is 0 Å². The monoisotopic (exact) mass is 761 g/mol. The van der Waals surface area contributed by atoms with Gasteiger partial charge in [-0.05, 0) is 100 Å². The lowest BCUT2D eigenvalue weighted by Gasteiger charge is -2.37. The molecule has 0 saturated heterocycles. The predicted molar refractivity (Wildman–Crippen MR) is 206 cm³/mol. The van der Waals surface area contributed by atoms with Crippen LogP contribution in [0, 0.1) is 11.3 Å². The molecule has 11 heteroatoms. The van der Waals surface area contributed by atoms with Crippen LogP contribution in [0.15, 0.2) is 103 Å². The minimum atomic E-state index is -1.10. The van der Waals surface area contributed by atoms with Gasteiger partial charge in [-0.25, -0.2) is 4.79 Å². The van der Waals surface area contributed by atoms with Crippen molar-refractivity contribution >= 4 is 35.1 Å². The average molecular weight is 763 g/mol. The lowest BCUT2D eigenvalue weighted by atomic mass is 9.92. The molecule has 9 nitrogen and oxygen atoms in total. The zero-order valence-corrected chi connectivity index (χ0v) is 30.9. The molecule has 0 aliphatic carbocycles. The minimum absolute atomic E-state index is 0.137. The Labute approximate surface area is 323 Å². The molecule has 0 fully saturated rings. The third-order valence-electron chi connectivity index (χ3n) is 9.86. The van der Waals surface area contributed by atoms with E-state index in [2.05, 4.69) is 11.4 Å². The number of carboxylic acid groups (broad SMARTS) is 1. The predicted octanol–water partition coefficient (Wildman–Crippen LogP) is 8.18. The first-order valence-electron chi connectivity index (χ1n) is 17.7. The Morgan fingerprint density at radius 3 is 2.26 bits per heavy atom. The van der Waals surface area contributed by atoms with Crippen LogP contribution in [0.4, 0.5) is 0 Å². The van der Waals surface area contributed by atoms with Crippen molar-refractivity contribution in [3.63, 3.8) is 0 Å². The van der Waals surface area contributed by atoms with Gasteiger partial charge in [-0.1, -0.05) is 84.7 Å². The van der Waals surface area contributed by atoms with Crippen LogP contribution in [0.2, 0.25) is 10.0 Å². The summed E-state index contributed by atoms with van der Waals surface area (Å²) in [6.45, 7) is 3.76. The summed E-state index contributed by atoms with van der Waals surface area (Å²) in [4.78, 5) is 28.1. The normalized spacial score (nSPS) is 16.8. The number of nitrogens with zero attached hydrogens (tertiary/aromatic N) is 2. The number of rotatable bonds is 11. The highest BCUT2D eigenvalue weighted by molar-refractivity contribution is 6.42. The van der Waals surface area contributed by atoms with Crippen molar-refractivity contribution < 1.29 is 28.9 Å². The molecule has 54 heavy (non-hydrogen) atoms. The number of fused-ring (bicyclic) bond motifs is 2. The van der Waals surface area contributed by atoms with E-state index in [-0.39, 0.29) is 18.4 Å². The Morgan fingerprint density at radius 2 is 1.59 bits per heavy atom. The number of hydrogen-bond acceptors (Lipinski definition) is 7. The molecule has 7 rings (SSSR count). The second kappa shape index (κ2) is 16.2. The van der Waals surface area contributed by atoms with E-state index in [0.717, 1.165) is 38.9 Å². The number of likely N-dealkylation sites (N-methyl/N-ethyl adjacent to an activating group) is 1. The first-order valence-corrected chi connectivity index (χ1v) is 18.4. The highest BCUT2D eigenvalue weighted by Gasteiger charge is 2.35. The molecule has 3 unspecified atom stereocenters. The molecule has 0 radical (unpaired) electrons. The average Bonchev–Trinajstić information content (AvgIpc) is 3.20. The van der Waals surface area contributed by atoms with E-state index in [1.54, 1.807) is 24.3 Å². The zero-order chi connectivity index (χ0) is 37.8. The summed E-state index contributed by atoms with van der Waals surface area (Å²) >= 11 is 12.1. The van der Waals surface area contributed by atoms with Gasteiger partial charge < -0.3 is 24.6 Å². The molecule has 274 valence electrons. The van der Waals surface area contributed by atoms with Gasteiger partial charge in [0.2, 0.25) is 5.91 Å². The molecule has 0 bridgehead atoms. The number of nitrogens with one attached hydrogen (secondary N) is 1. The maximum absolute atomic E-state index is 13.7. The number of nitriles is 1. The van der Waals surface area contributed by atoms with Gasteiger partial charge in [0.15, 0.2) is 17.6 Å². The molecule has 1 amide bonds. The Balaban J connectivity index is 0.977. The van der Waals surface area contributed by atoms with E-state index in [4.69, 9.17) is 42.7 Å². The third kappa shape index (κ3) is 8.32. The molecule has 0 aromatic heterocycles. The van der Waals surface area contributed by atoms with Crippen molar-refractivity contribution in [3.05, 3.63) is 147 Å². The summed E-state index contributed by atoms with van der Waals surface area (Å²) in [5.74, 6) is 0.532. The largest absolute Gasteiger partial charge is 0.489 e. The van der Waals surface area contributed by atoms with E-state index in [1.807, 2.05) is 90.7 Å². The van der Waals surface area contributed by atoms with Crippen molar-refractivity contribution in [2.24, 2.45) is 0 Å². The fourth-order valence-electron chi connectivity index (χ4n) is 6.81. The number of hydrogen-bond donors (Lipinski definition) is 2. The highest BCUT2D eigenvalue weighted by atomic mass is 35.5. The van der Waals surface area contributed by atoms with E-state index in [1.165, 1.54) is 0 Å². The third-order valence-corrected chi connectivity index (χ3v) is 10.6.